The van der Waals surface area contributed by atoms with Gasteiger partial charge in [0.15, 0.2) is 0 Å². The lowest BCUT2D eigenvalue weighted by Crippen LogP contribution is -2.37. The summed E-state index contributed by atoms with van der Waals surface area (Å²) >= 11 is 1.56. The Kier molecular flexibility index (Phi) is 5.76. The van der Waals surface area contributed by atoms with Gasteiger partial charge in [-0.05, 0) is 46.6 Å². The summed E-state index contributed by atoms with van der Waals surface area (Å²) in [7, 11) is -3.25. The fourth-order valence-electron chi connectivity index (χ4n) is 2.80. The number of hydrogen-bond donors (Lipinski definition) is 2. The highest BCUT2D eigenvalue weighted by Gasteiger charge is 2.21. The summed E-state index contributed by atoms with van der Waals surface area (Å²) in [4.78, 5) is 5.36. The Morgan fingerprint density at radius 2 is 2.19 bits per heavy atom. The van der Waals surface area contributed by atoms with Gasteiger partial charge in [-0.3, -0.25) is 0 Å². The van der Waals surface area contributed by atoms with Crippen molar-refractivity contribution in [3.63, 3.8) is 0 Å². The van der Waals surface area contributed by atoms with Gasteiger partial charge in [-0.1, -0.05) is 6.42 Å². The van der Waals surface area contributed by atoms with Crippen LogP contribution in [0, 0.1) is 13.8 Å². The van der Waals surface area contributed by atoms with Crippen molar-refractivity contribution >= 4 is 21.4 Å². The molecule has 1 fully saturated rings. The quantitative estimate of drug-likeness (QED) is 0.839. The molecule has 5 nitrogen and oxygen atoms in total. The van der Waals surface area contributed by atoms with Gasteiger partial charge >= 0.3 is 0 Å². The standard InChI is InChI=1S/C14H25N3O2S2/c1-10-14(20-12(3)16-10)11(2)17-21(18,19)9-7-13-6-4-5-8-15-13/h11,13,15,17H,4-9H2,1-3H3. The largest absolute Gasteiger partial charge is 0.314 e. The molecule has 2 heterocycles. The first-order valence-electron chi connectivity index (χ1n) is 7.55. The third-order valence-corrected chi connectivity index (χ3v) is 6.58. The molecule has 1 aromatic heterocycles. The van der Waals surface area contributed by atoms with Crippen LogP contribution in [0.1, 0.15) is 54.2 Å². The molecule has 2 atom stereocenters. The lowest BCUT2D eigenvalue weighted by atomic mass is 10.0. The topological polar surface area (TPSA) is 71.1 Å². The molecular weight excluding hydrogens is 306 g/mol. The highest BCUT2D eigenvalue weighted by Crippen LogP contribution is 2.25. The van der Waals surface area contributed by atoms with E-state index in [1.165, 1.54) is 12.8 Å². The van der Waals surface area contributed by atoms with Gasteiger partial charge in [0.1, 0.15) is 0 Å². The number of nitrogens with zero attached hydrogens (tertiary/aromatic N) is 1. The van der Waals surface area contributed by atoms with Gasteiger partial charge in [0.2, 0.25) is 10.0 Å². The molecule has 0 spiro atoms. The lowest BCUT2D eigenvalue weighted by Gasteiger charge is -2.23. The molecule has 2 rings (SSSR count). The van der Waals surface area contributed by atoms with Crippen molar-refractivity contribution in [1.29, 1.82) is 0 Å². The molecule has 0 aliphatic carbocycles. The Morgan fingerprint density at radius 1 is 1.43 bits per heavy atom. The van der Waals surface area contributed by atoms with E-state index in [0.29, 0.717) is 12.5 Å². The minimum Gasteiger partial charge on any atom is -0.314 e. The molecule has 0 bridgehead atoms. The van der Waals surface area contributed by atoms with Crippen LogP contribution in [-0.2, 0) is 10.0 Å². The van der Waals surface area contributed by atoms with Crippen LogP contribution in [0.5, 0.6) is 0 Å². The molecule has 2 unspecified atom stereocenters. The predicted molar refractivity (Wildman–Crippen MR) is 87.2 cm³/mol. The maximum absolute atomic E-state index is 12.2. The Morgan fingerprint density at radius 3 is 2.76 bits per heavy atom. The van der Waals surface area contributed by atoms with Crippen molar-refractivity contribution in [3.05, 3.63) is 15.6 Å². The first-order chi connectivity index (χ1) is 9.87. The summed E-state index contributed by atoms with van der Waals surface area (Å²) in [6.45, 7) is 6.76. The zero-order valence-corrected chi connectivity index (χ0v) is 14.6. The first-order valence-corrected chi connectivity index (χ1v) is 10.0. The molecule has 21 heavy (non-hydrogen) atoms. The van der Waals surface area contributed by atoms with Crippen LogP contribution in [0.15, 0.2) is 0 Å². The van der Waals surface area contributed by atoms with Crippen LogP contribution >= 0.6 is 11.3 Å². The van der Waals surface area contributed by atoms with Crippen LogP contribution in [0.2, 0.25) is 0 Å². The lowest BCUT2D eigenvalue weighted by molar-refractivity contribution is 0.392. The summed E-state index contributed by atoms with van der Waals surface area (Å²) in [5, 5.41) is 4.36. The van der Waals surface area contributed by atoms with E-state index in [1.54, 1.807) is 11.3 Å². The molecule has 0 saturated carbocycles. The Hall–Kier alpha value is -0.500. The Labute approximate surface area is 131 Å². The molecule has 0 radical (unpaired) electrons. The zero-order valence-electron chi connectivity index (χ0n) is 13.0. The van der Waals surface area contributed by atoms with Gasteiger partial charge in [-0.2, -0.15) is 0 Å². The number of nitrogens with one attached hydrogen (secondary N) is 2. The monoisotopic (exact) mass is 331 g/mol. The van der Waals surface area contributed by atoms with Crippen LogP contribution in [-0.4, -0.2) is 31.7 Å². The number of thiazole rings is 1. The molecule has 0 aromatic carbocycles. The number of rotatable bonds is 6. The SMILES string of the molecule is Cc1nc(C)c(C(C)NS(=O)(=O)CCC2CCCCN2)s1. The maximum Gasteiger partial charge on any atom is 0.212 e. The van der Waals surface area contributed by atoms with Crippen molar-refractivity contribution in [3.8, 4) is 0 Å². The van der Waals surface area contributed by atoms with Crippen LogP contribution < -0.4 is 10.0 Å². The summed E-state index contributed by atoms with van der Waals surface area (Å²) in [5.74, 6) is 0.186. The second kappa shape index (κ2) is 7.17. The fourth-order valence-corrected chi connectivity index (χ4v) is 5.17. The van der Waals surface area contributed by atoms with Crippen molar-refractivity contribution in [2.45, 2.75) is 58.5 Å². The van der Waals surface area contributed by atoms with Crippen LogP contribution in [0.3, 0.4) is 0 Å². The average Bonchev–Trinajstić information content (AvgIpc) is 2.76. The Bertz CT molecular complexity index is 563. The molecule has 0 amide bonds. The highest BCUT2D eigenvalue weighted by molar-refractivity contribution is 7.89. The minimum atomic E-state index is -3.25. The number of aromatic nitrogens is 1. The summed E-state index contributed by atoms with van der Waals surface area (Å²) in [6, 6.07) is 0.138. The third-order valence-electron chi connectivity index (χ3n) is 3.84. The molecule has 1 aliphatic rings. The molecule has 1 aromatic rings. The van der Waals surface area contributed by atoms with E-state index in [0.717, 1.165) is 28.5 Å². The summed E-state index contributed by atoms with van der Waals surface area (Å²) < 4.78 is 27.2. The molecule has 7 heteroatoms. The predicted octanol–water partition coefficient (Wildman–Crippen LogP) is 2.27. The van der Waals surface area contributed by atoms with E-state index in [-0.39, 0.29) is 11.8 Å². The van der Waals surface area contributed by atoms with Gasteiger partial charge in [0.05, 0.1) is 22.5 Å². The molecule has 1 saturated heterocycles. The Balaban J connectivity index is 1.89. The van der Waals surface area contributed by atoms with E-state index in [1.807, 2.05) is 20.8 Å². The number of piperidine rings is 1. The summed E-state index contributed by atoms with van der Waals surface area (Å²) in [5.41, 5.74) is 0.918. The van der Waals surface area contributed by atoms with E-state index in [2.05, 4.69) is 15.0 Å². The molecular formula is C14H25N3O2S2. The normalized spacial score (nSPS) is 21.4. The van der Waals surface area contributed by atoms with Gasteiger partial charge in [-0.15, -0.1) is 11.3 Å². The molecule has 2 N–H and O–H groups in total. The van der Waals surface area contributed by atoms with Crippen molar-refractivity contribution < 1.29 is 8.42 Å². The van der Waals surface area contributed by atoms with Crippen LogP contribution in [0.4, 0.5) is 0 Å². The maximum atomic E-state index is 12.2. The van der Waals surface area contributed by atoms with Crippen molar-refractivity contribution in [2.75, 3.05) is 12.3 Å². The van der Waals surface area contributed by atoms with Gasteiger partial charge in [0.25, 0.3) is 0 Å². The second-order valence-electron chi connectivity index (χ2n) is 5.78. The first kappa shape index (κ1) is 16.9. The van der Waals surface area contributed by atoms with Crippen molar-refractivity contribution in [2.24, 2.45) is 0 Å². The average molecular weight is 332 g/mol. The van der Waals surface area contributed by atoms with E-state index in [9.17, 15) is 8.42 Å². The third kappa shape index (κ3) is 5.02. The summed E-state index contributed by atoms with van der Waals surface area (Å²) in [6.07, 6.45) is 4.16. The number of sulfonamides is 1. The fraction of sp³-hybridized carbons (Fsp3) is 0.786. The van der Waals surface area contributed by atoms with Crippen molar-refractivity contribution in [1.82, 2.24) is 15.0 Å². The number of aryl methyl sites for hydroxylation is 2. The number of hydrogen-bond acceptors (Lipinski definition) is 5. The molecule has 1 aliphatic heterocycles. The smallest absolute Gasteiger partial charge is 0.212 e. The van der Waals surface area contributed by atoms with Gasteiger partial charge in [0, 0.05) is 10.9 Å². The second-order valence-corrected chi connectivity index (χ2v) is 8.88. The highest BCUT2D eigenvalue weighted by atomic mass is 32.2. The van der Waals surface area contributed by atoms with Gasteiger partial charge in [-0.25, -0.2) is 18.1 Å². The zero-order chi connectivity index (χ0) is 15.5. The van der Waals surface area contributed by atoms with Crippen LogP contribution in [0.25, 0.3) is 0 Å². The van der Waals surface area contributed by atoms with E-state index < -0.39 is 10.0 Å². The van der Waals surface area contributed by atoms with E-state index in [4.69, 9.17) is 0 Å². The molecule has 120 valence electrons. The van der Waals surface area contributed by atoms with E-state index >= 15 is 0 Å². The van der Waals surface area contributed by atoms with Gasteiger partial charge < -0.3 is 5.32 Å². The minimum absolute atomic E-state index is 0.186.